The van der Waals surface area contributed by atoms with Gasteiger partial charge in [0.25, 0.3) is 5.91 Å². The molecule has 1 aromatic carbocycles. The number of fused-ring (bicyclic) bond motifs is 1. The predicted molar refractivity (Wildman–Crippen MR) is 131 cm³/mol. The molecule has 3 heterocycles. The van der Waals surface area contributed by atoms with Crippen LogP contribution in [0.4, 0.5) is 18.9 Å². The largest absolute Gasteiger partial charge is 0.433 e. The standard InChI is InChI=1S/C23H19BrF3N5O2S/c1-10-4-6-13(7-5-10)14-8-16(23(25,26)27)29-22-17(14)18(19(35-22)20(28)33)30-21(34)12(3)32-9-15(24)11(2)31-32/h4-9,12H,1-3H3,(H2,28,33)(H,30,34). The van der Waals surface area contributed by atoms with E-state index in [1.54, 1.807) is 44.3 Å². The summed E-state index contributed by atoms with van der Waals surface area (Å²) in [5.74, 6) is -1.42. The number of pyridine rings is 1. The van der Waals surface area contributed by atoms with Crippen molar-refractivity contribution in [3.63, 3.8) is 0 Å². The molecule has 3 aromatic heterocycles. The van der Waals surface area contributed by atoms with Crippen LogP contribution in [0.3, 0.4) is 0 Å². The average molecular weight is 566 g/mol. The molecule has 0 saturated heterocycles. The molecule has 0 spiro atoms. The van der Waals surface area contributed by atoms with Gasteiger partial charge in [-0.1, -0.05) is 29.8 Å². The Balaban J connectivity index is 1.91. The Morgan fingerprint density at radius 2 is 1.86 bits per heavy atom. The van der Waals surface area contributed by atoms with E-state index in [1.165, 1.54) is 4.68 Å². The summed E-state index contributed by atoms with van der Waals surface area (Å²) in [5, 5.41) is 7.18. The number of primary amides is 1. The van der Waals surface area contributed by atoms with Gasteiger partial charge in [-0.3, -0.25) is 14.3 Å². The van der Waals surface area contributed by atoms with E-state index in [4.69, 9.17) is 5.73 Å². The Bertz CT molecular complexity index is 1440. The molecule has 0 saturated carbocycles. The maximum absolute atomic E-state index is 13.6. The number of rotatable bonds is 5. The molecular weight excluding hydrogens is 547 g/mol. The van der Waals surface area contributed by atoms with E-state index in [2.05, 4.69) is 31.3 Å². The third-order valence-corrected chi connectivity index (χ3v) is 7.30. The number of aryl methyl sites for hydroxylation is 2. The van der Waals surface area contributed by atoms with Crippen molar-refractivity contribution in [2.24, 2.45) is 5.73 Å². The van der Waals surface area contributed by atoms with Gasteiger partial charge < -0.3 is 11.1 Å². The molecule has 2 amide bonds. The van der Waals surface area contributed by atoms with Gasteiger partial charge in [-0.2, -0.15) is 18.3 Å². The highest BCUT2D eigenvalue weighted by Gasteiger charge is 2.35. The minimum Gasteiger partial charge on any atom is -0.365 e. The van der Waals surface area contributed by atoms with E-state index in [9.17, 15) is 22.8 Å². The van der Waals surface area contributed by atoms with Gasteiger partial charge >= 0.3 is 6.18 Å². The Kier molecular flexibility index (Phi) is 6.45. The molecule has 35 heavy (non-hydrogen) atoms. The van der Waals surface area contributed by atoms with Crippen molar-refractivity contribution in [3.05, 3.63) is 62.8 Å². The van der Waals surface area contributed by atoms with Crippen LogP contribution in [-0.4, -0.2) is 26.6 Å². The van der Waals surface area contributed by atoms with Gasteiger partial charge in [0.2, 0.25) is 5.91 Å². The summed E-state index contributed by atoms with van der Waals surface area (Å²) in [7, 11) is 0. The van der Waals surface area contributed by atoms with Crippen molar-refractivity contribution in [3.8, 4) is 11.1 Å². The van der Waals surface area contributed by atoms with Crippen molar-refractivity contribution in [1.29, 1.82) is 0 Å². The van der Waals surface area contributed by atoms with E-state index in [1.807, 2.05) is 6.92 Å². The lowest BCUT2D eigenvalue weighted by atomic mass is 10.00. The zero-order valence-corrected chi connectivity index (χ0v) is 21.1. The SMILES string of the molecule is Cc1ccc(-c2cc(C(F)(F)F)nc3sc(C(N)=O)c(NC(=O)C(C)n4cc(Br)c(C)n4)c23)cc1. The first-order chi connectivity index (χ1) is 16.4. The van der Waals surface area contributed by atoms with E-state index in [0.29, 0.717) is 27.1 Å². The van der Waals surface area contributed by atoms with Gasteiger partial charge in [-0.15, -0.1) is 11.3 Å². The fourth-order valence-corrected chi connectivity index (χ4v) is 4.80. The zero-order valence-electron chi connectivity index (χ0n) is 18.7. The maximum Gasteiger partial charge on any atom is 0.433 e. The summed E-state index contributed by atoms with van der Waals surface area (Å²) in [6.45, 7) is 5.22. The minimum absolute atomic E-state index is 0.0223. The average Bonchev–Trinajstić information content (AvgIpc) is 3.32. The van der Waals surface area contributed by atoms with Gasteiger partial charge in [0.1, 0.15) is 21.4 Å². The molecule has 1 atom stereocenters. The monoisotopic (exact) mass is 565 g/mol. The first-order valence-corrected chi connectivity index (χ1v) is 11.9. The Morgan fingerprint density at radius 3 is 2.40 bits per heavy atom. The van der Waals surface area contributed by atoms with Crippen molar-refractivity contribution >= 4 is 55.0 Å². The van der Waals surface area contributed by atoms with Gasteiger partial charge in [-0.05, 0) is 53.9 Å². The summed E-state index contributed by atoms with van der Waals surface area (Å²) in [6.07, 6.45) is -3.08. The molecule has 4 rings (SSSR count). The molecule has 0 fully saturated rings. The van der Waals surface area contributed by atoms with E-state index >= 15 is 0 Å². The number of carbonyl (C=O) groups excluding carboxylic acids is 2. The molecule has 0 aliphatic rings. The van der Waals surface area contributed by atoms with Crippen molar-refractivity contribution in [2.75, 3.05) is 5.32 Å². The van der Waals surface area contributed by atoms with Gasteiger partial charge in [0.05, 0.1) is 15.9 Å². The summed E-state index contributed by atoms with van der Waals surface area (Å²) in [4.78, 5) is 29.0. The lowest BCUT2D eigenvalue weighted by molar-refractivity contribution is -0.140. The number of nitrogens with two attached hydrogens (primary N) is 1. The maximum atomic E-state index is 13.6. The third kappa shape index (κ3) is 4.80. The van der Waals surface area contributed by atoms with Crippen LogP contribution in [0, 0.1) is 13.8 Å². The number of carbonyl (C=O) groups is 2. The van der Waals surface area contributed by atoms with Crippen LogP contribution in [0.2, 0.25) is 0 Å². The van der Waals surface area contributed by atoms with Crippen LogP contribution < -0.4 is 11.1 Å². The molecule has 3 N–H and O–H groups in total. The van der Waals surface area contributed by atoms with Crippen molar-refractivity contribution < 1.29 is 22.8 Å². The Hall–Kier alpha value is -3.25. The summed E-state index contributed by atoms with van der Waals surface area (Å²) >= 11 is 4.05. The molecule has 12 heteroatoms. The Morgan fingerprint density at radius 1 is 1.20 bits per heavy atom. The number of nitrogens with zero attached hydrogens (tertiary/aromatic N) is 3. The fraction of sp³-hybridized carbons (Fsp3) is 0.217. The molecule has 0 aliphatic carbocycles. The number of hydrogen-bond donors (Lipinski definition) is 2. The lowest BCUT2D eigenvalue weighted by Gasteiger charge is -2.15. The number of aromatic nitrogens is 3. The zero-order chi connectivity index (χ0) is 25.7. The lowest BCUT2D eigenvalue weighted by Crippen LogP contribution is -2.25. The number of anilines is 1. The number of amides is 2. The summed E-state index contributed by atoms with van der Waals surface area (Å²) < 4.78 is 43.1. The van der Waals surface area contributed by atoms with Crippen LogP contribution in [0.25, 0.3) is 21.3 Å². The quantitative estimate of drug-likeness (QED) is 0.316. The number of thiophene rings is 1. The smallest absolute Gasteiger partial charge is 0.365 e. The van der Waals surface area contributed by atoms with Crippen LogP contribution in [0.5, 0.6) is 0 Å². The molecule has 182 valence electrons. The van der Waals surface area contributed by atoms with Gasteiger partial charge in [0.15, 0.2) is 0 Å². The fourth-order valence-electron chi connectivity index (χ4n) is 3.50. The van der Waals surface area contributed by atoms with Crippen LogP contribution in [0.1, 0.15) is 39.6 Å². The second-order valence-electron chi connectivity index (χ2n) is 7.98. The molecule has 0 radical (unpaired) electrons. The molecule has 7 nitrogen and oxygen atoms in total. The number of alkyl halides is 3. The van der Waals surface area contributed by atoms with Crippen LogP contribution in [-0.2, 0) is 11.0 Å². The van der Waals surface area contributed by atoms with E-state index < -0.39 is 29.7 Å². The highest BCUT2D eigenvalue weighted by molar-refractivity contribution is 9.10. The van der Waals surface area contributed by atoms with Crippen molar-refractivity contribution in [2.45, 2.75) is 33.0 Å². The second-order valence-corrected chi connectivity index (χ2v) is 9.83. The highest BCUT2D eigenvalue weighted by Crippen LogP contribution is 2.43. The molecule has 4 aromatic rings. The van der Waals surface area contributed by atoms with Gasteiger partial charge in [0, 0.05) is 11.6 Å². The van der Waals surface area contributed by atoms with E-state index in [-0.39, 0.29) is 26.3 Å². The Labute approximate surface area is 210 Å². The summed E-state index contributed by atoms with van der Waals surface area (Å²) in [5.41, 5.74) is 6.69. The molecule has 0 bridgehead atoms. The van der Waals surface area contributed by atoms with Crippen molar-refractivity contribution in [1.82, 2.24) is 14.8 Å². The topological polar surface area (TPSA) is 103 Å². The minimum atomic E-state index is -4.71. The molecule has 1 unspecified atom stereocenters. The second kappa shape index (κ2) is 9.08. The first-order valence-electron chi connectivity index (χ1n) is 10.3. The normalized spacial score (nSPS) is 12.7. The molecule has 0 aliphatic heterocycles. The number of nitrogens with one attached hydrogen (secondary N) is 1. The number of hydrogen-bond acceptors (Lipinski definition) is 5. The highest BCUT2D eigenvalue weighted by atomic mass is 79.9. The number of halogens is 4. The van der Waals surface area contributed by atoms with E-state index in [0.717, 1.165) is 11.6 Å². The van der Waals surface area contributed by atoms with Gasteiger partial charge in [-0.25, -0.2) is 4.98 Å². The summed E-state index contributed by atoms with van der Waals surface area (Å²) in [6, 6.07) is 6.98. The third-order valence-electron chi connectivity index (χ3n) is 5.42. The number of benzene rings is 1. The first kappa shape index (κ1) is 24.9. The predicted octanol–water partition coefficient (Wildman–Crippen LogP) is 5.86. The molecular formula is C23H19BrF3N5O2S. The van der Waals surface area contributed by atoms with Crippen LogP contribution >= 0.6 is 27.3 Å². The van der Waals surface area contributed by atoms with Crippen LogP contribution in [0.15, 0.2) is 41.0 Å².